The fraction of sp³-hybridized carbons (Fsp3) is 0.579. The maximum atomic E-state index is 11.9. The second-order valence-corrected chi connectivity index (χ2v) is 9.48. The molecule has 1 amide bonds. The molecule has 1 N–H and O–H groups in total. The molecule has 0 aromatic carbocycles. The summed E-state index contributed by atoms with van der Waals surface area (Å²) in [5.74, 6) is -0.885. The van der Waals surface area contributed by atoms with Gasteiger partial charge in [-0.05, 0) is 50.1 Å². The van der Waals surface area contributed by atoms with E-state index >= 15 is 0 Å². The van der Waals surface area contributed by atoms with E-state index in [0.29, 0.717) is 12.2 Å². The number of carbonyl (C=O) groups excluding carboxylic acids is 3. The van der Waals surface area contributed by atoms with Gasteiger partial charge in [0, 0.05) is 18.4 Å². The van der Waals surface area contributed by atoms with E-state index < -0.39 is 11.6 Å². The number of hydrogen-bond donors (Lipinski definition) is 1. The molecule has 0 aliphatic heterocycles. The molecule has 0 aliphatic rings. The average molecular weight is 429 g/mol. The number of hydrogen-bond acceptors (Lipinski definition) is 8. The molecule has 0 saturated heterocycles. The van der Waals surface area contributed by atoms with Crippen LogP contribution >= 0.6 is 21.6 Å². The van der Waals surface area contributed by atoms with Crippen molar-refractivity contribution in [1.82, 2.24) is 10.3 Å². The van der Waals surface area contributed by atoms with Crippen LogP contribution < -0.4 is 5.32 Å². The van der Waals surface area contributed by atoms with Gasteiger partial charge in [-0.1, -0.05) is 23.8 Å². The van der Waals surface area contributed by atoms with Gasteiger partial charge in [-0.25, -0.2) is 4.98 Å². The van der Waals surface area contributed by atoms with Crippen molar-refractivity contribution in [2.45, 2.75) is 51.2 Å². The lowest BCUT2D eigenvalue weighted by Crippen LogP contribution is -2.32. The van der Waals surface area contributed by atoms with E-state index in [2.05, 4.69) is 10.3 Å². The number of rotatable bonds is 11. The Hall–Kier alpha value is -1.74. The van der Waals surface area contributed by atoms with Crippen LogP contribution in [0.3, 0.4) is 0 Å². The molecule has 1 aromatic heterocycles. The van der Waals surface area contributed by atoms with Crippen molar-refractivity contribution in [3.8, 4) is 0 Å². The largest absolute Gasteiger partial charge is 0.463 e. The van der Waals surface area contributed by atoms with Crippen LogP contribution in [0, 0.1) is 5.92 Å². The summed E-state index contributed by atoms with van der Waals surface area (Å²) >= 11 is 0. The minimum Gasteiger partial charge on any atom is -0.463 e. The van der Waals surface area contributed by atoms with Gasteiger partial charge >= 0.3 is 11.9 Å². The van der Waals surface area contributed by atoms with E-state index in [-0.39, 0.29) is 37.4 Å². The fourth-order valence-corrected chi connectivity index (χ4v) is 3.57. The Morgan fingerprint density at radius 3 is 2.64 bits per heavy atom. The summed E-state index contributed by atoms with van der Waals surface area (Å²) < 4.78 is 10.3. The number of ether oxygens (including phenoxy) is 2. The molecule has 28 heavy (non-hydrogen) atoms. The van der Waals surface area contributed by atoms with Crippen molar-refractivity contribution in [3.05, 3.63) is 24.4 Å². The topological polar surface area (TPSA) is 94.6 Å². The van der Waals surface area contributed by atoms with Crippen LogP contribution in [0.15, 0.2) is 29.4 Å². The molecule has 1 heterocycles. The number of amides is 1. The van der Waals surface area contributed by atoms with Gasteiger partial charge in [-0.3, -0.25) is 14.4 Å². The molecule has 9 heteroatoms. The monoisotopic (exact) mass is 428 g/mol. The highest BCUT2D eigenvalue weighted by Crippen LogP contribution is 2.28. The Morgan fingerprint density at radius 1 is 1.25 bits per heavy atom. The van der Waals surface area contributed by atoms with Gasteiger partial charge in [-0.15, -0.1) is 0 Å². The first-order valence-corrected chi connectivity index (χ1v) is 11.3. The Morgan fingerprint density at radius 2 is 2.00 bits per heavy atom. The predicted octanol–water partition coefficient (Wildman–Crippen LogP) is 3.24. The standard InChI is InChI=1S/C19H28N2O5S2/c1-14(18(24)26-19(2,3)4)8-9-15(22)21-13-17(23)25-11-12-27-28-16-7-5-6-10-20-16/h5-7,10,14H,8-9,11-13H2,1-4H3,(H,21,22)/t14-/m0/s1. The quantitative estimate of drug-likeness (QED) is 0.326. The molecule has 0 radical (unpaired) electrons. The van der Waals surface area contributed by atoms with Crippen LogP contribution in [0.5, 0.6) is 0 Å². The summed E-state index contributed by atoms with van der Waals surface area (Å²) in [5, 5.41) is 3.40. The molecule has 156 valence electrons. The third kappa shape index (κ3) is 11.9. The van der Waals surface area contributed by atoms with Crippen LogP contribution in [0.2, 0.25) is 0 Å². The Labute approximate surface area is 174 Å². The summed E-state index contributed by atoms with van der Waals surface area (Å²) in [7, 11) is 3.05. The number of nitrogens with zero attached hydrogens (tertiary/aromatic N) is 1. The van der Waals surface area contributed by atoms with Gasteiger partial charge in [-0.2, -0.15) is 0 Å². The van der Waals surface area contributed by atoms with Gasteiger partial charge in [0.05, 0.1) is 5.92 Å². The number of esters is 2. The third-order valence-corrected chi connectivity index (χ3v) is 5.48. The second kappa shape index (κ2) is 12.7. The van der Waals surface area contributed by atoms with Crippen molar-refractivity contribution >= 4 is 39.4 Å². The smallest absolute Gasteiger partial charge is 0.325 e. The highest BCUT2D eigenvalue weighted by molar-refractivity contribution is 8.76. The number of carbonyl (C=O) groups is 3. The maximum Gasteiger partial charge on any atom is 0.325 e. The van der Waals surface area contributed by atoms with Gasteiger partial charge in [0.1, 0.15) is 23.8 Å². The van der Waals surface area contributed by atoms with E-state index in [9.17, 15) is 14.4 Å². The minimum absolute atomic E-state index is 0.143. The maximum absolute atomic E-state index is 11.9. The van der Waals surface area contributed by atoms with Gasteiger partial charge < -0.3 is 14.8 Å². The summed E-state index contributed by atoms with van der Waals surface area (Å²) in [6.07, 6.45) is 2.22. The fourth-order valence-electron chi connectivity index (χ4n) is 1.87. The Kier molecular flexibility index (Phi) is 11.0. The summed E-state index contributed by atoms with van der Waals surface area (Å²) in [5.41, 5.74) is -0.550. The van der Waals surface area contributed by atoms with Gasteiger partial charge in [0.15, 0.2) is 0 Å². The van der Waals surface area contributed by atoms with Crippen LogP contribution in [-0.2, 0) is 23.9 Å². The van der Waals surface area contributed by atoms with Crippen molar-refractivity contribution in [2.24, 2.45) is 5.92 Å². The summed E-state index contributed by atoms with van der Waals surface area (Å²) in [6, 6.07) is 5.67. The molecule has 0 bridgehead atoms. The van der Waals surface area contributed by atoms with Crippen LogP contribution in [0.25, 0.3) is 0 Å². The zero-order valence-electron chi connectivity index (χ0n) is 16.7. The Bertz CT molecular complexity index is 635. The lowest BCUT2D eigenvalue weighted by molar-refractivity contribution is -0.159. The first kappa shape index (κ1) is 24.3. The van der Waals surface area contributed by atoms with Crippen molar-refractivity contribution in [3.63, 3.8) is 0 Å². The molecule has 1 atom stereocenters. The summed E-state index contributed by atoms with van der Waals surface area (Å²) in [4.78, 5) is 39.5. The molecule has 0 spiro atoms. The lowest BCUT2D eigenvalue weighted by atomic mass is 10.1. The first-order chi connectivity index (χ1) is 13.2. The molecule has 1 aromatic rings. The Balaban J connectivity index is 2.09. The molecule has 0 unspecified atom stereocenters. The number of aromatic nitrogens is 1. The van der Waals surface area contributed by atoms with Gasteiger partial charge in [0.2, 0.25) is 5.91 Å². The molecular formula is C19H28N2O5S2. The van der Waals surface area contributed by atoms with E-state index in [1.54, 1.807) is 33.9 Å². The molecule has 0 fully saturated rings. The lowest BCUT2D eigenvalue weighted by Gasteiger charge is -2.22. The number of nitrogens with one attached hydrogen (secondary N) is 1. The van der Waals surface area contributed by atoms with Crippen molar-refractivity contribution in [2.75, 3.05) is 18.9 Å². The zero-order chi connectivity index (χ0) is 21.0. The molecule has 1 rings (SSSR count). The van der Waals surface area contributed by atoms with Crippen LogP contribution in [0.4, 0.5) is 0 Å². The van der Waals surface area contributed by atoms with E-state index in [1.807, 2.05) is 18.2 Å². The average Bonchev–Trinajstić information content (AvgIpc) is 2.63. The SMILES string of the molecule is C[C@@H](CCC(=O)NCC(=O)OCCSSc1ccccn1)C(=O)OC(C)(C)C. The van der Waals surface area contributed by atoms with E-state index in [4.69, 9.17) is 9.47 Å². The van der Waals surface area contributed by atoms with Crippen molar-refractivity contribution in [1.29, 1.82) is 0 Å². The predicted molar refractivity (Wildman–Crippen MR) is 111 cm³/mol. The highest BCUT2D eigenvalue weighted by Gasteiger charge is 2.22. The third-order valence-electron chi connectivity index (χ3n) is 3.26. The van der Waals surface area contributed by atoms with E-state index in [1.165, 1.54) is 21.6 Å². The van der Waals surface area contributed by atoms with Crippen molar-refractivity contribution < 1.29 is 23.9 Å². The first-order valence-electron chi connectivity index (χ1n) is 9.03. The van der Waals surface area contributed by atoms with Crippen LogP contribution in [0.1, 0.15) is 40.5 Å². The van der Waals surface area contributed by atoms with E-state index in [0.717, 1.165) is 5.03 Å². The molecular weight excluding hydrogens is 400 g/mol. The minimum atomic E-state index is -0.550. The zero-order valence-corrected chi connectivity index (χ0v) is 18.4. The summed E-state index contributed by atoms with van der Waals surface area (Å²) in [6.45, 7) is 7.19. The van der Waals surface area contributed by atoms with Crippen LogP contribution in [-0.4, -0.2) is 47.3 Å². The molecule has 0 aliphatic carbocycles. The van der Waals surface area contributed by atoms with Gasteiger partial charge in [0.25, 0.3) is 0 Å². The number of pyridine rings is 1. The second-order valence-electron chi connectivity index (χ2n) is 7.04. The normalized spacial score (nSPS) is 12.1. The molecule has 7 nitrogen and oxygen atoms in total. The highest BCUT2D eigenvalue weighted by atomic mass is 33.1. The molecule has 0 saturated carbocycles.